The standard InChI is InChI=1S/C24H36N2O2/c1-15(2)5-7-17-13-21(17)23(27)25-19-9-11-20(12-10-19)26-24(28)22-14-18(22)8-6-16(3)4/h9-12,15-18,21-22H,5-8,13-14H2,1-4H3,(H,25,27)(H,26,28)/t17-,18-,21-,22-/m0/s1. The van der Waals surface area contributed by atoms with E-state index in [2.05, 4.69) is 38.3 Å². The van der Waals surface area contributed by atoms with Gasteiger partial charge in [-0.15, -0.1) is 0 Å². The minimum Gasteiger partial charge on any atom is -0.326 e. The van der Waals surface area contributed by atoms with E-state index in [0.29, 0.717) is 23.7 Å². The van der Waals surface area contributed by atoms with Crippen molar-refractivity contribution in [2.45, 2.75) is 66.2 Å². The van der Waals surface area contributed by atoms with Crippen LogP contribution in [0.15, 0.2) is 24.3 Å². The quantitative estimate of drug-likeness (QED) is 0.543. The van der Waals surface area contributed by atoms with Crippen molar-refractivity contribution < 1.29 is 9.59 Å². The molecule has 0 saturated heterocycles. The number of amides is 2. The van der Waals surface area contributed by atoms with Crippen molar-refractivity contribution in [3.8, 4) is 0 Å². The molecule has 2 N–H and O–H groups in total. The van der Waals surface area contributed by atoms with E-state index < -0.39 is 0 Å². The lowest BCUT2D eigenvalue weighted by Gasteiger charge is -2.09. The van der Waals surface area contributed by atoms with Crippen molar-refractivity contribution in [2.24, 2.45) is 35.5 Å². The third kappa shape index (κ3) is 6.08. The summed E-state index contributed by atoms with van der Waals surface area (Å²) in [6.45, 7) is 8.92. The van der Waals surface area contributed by atoms with Crippen molar-refractivity contribution in [3.05, 3.63) is 24.3 Å². The SMILES string of the molecule is CC(C)CC[C@H]1C[C@@H]1C(=O)Nc1ccc(NC(=O)[C@H]2C[C@@H]2CCC(C)C)cc1. The van der Waals surface area contributed by atoms with E-state index >= 15 is 0 Å². The molecule has 3 rings (SSSR count). The predicted molar refractivity (Wildman–Crippen MR) is 115 cm³/mol. The average Bonchev–Trinajstić information content (AvgIpc) is 3.53. The fourth-order valence-electron chi connectivity index (χ4n) is 3.98. The van der Waals surface area contributed by atoms with Crippen LogP contribution in [0.1, 0.15) is 66.2 Å². The molecule has 2 saturated carbocycles. The zero-order valence-corrected chi connectivity index (χ0v) is 17.8. The van der Waals surface area contributed by atoms with Crippen molar-refractivity contribution >= 4 is 23.2 Å². The molecule has 4 atom stereocenters. The van der Waals surface area contributed by atoms with E-state index in [1.165, 1.54) is 12.8 Å². The van der Waals surface area contributed by atoms with Crippen LogP contribution in [0.4, 0.5) is 11.4 Å². The molecule has 0 aromatic heterocycles. The van der Waals surface area contributed by atoms with Gasteiger partial charge in [-0.1, -0.05) is 40.5 Å². The van der Waals surface area contributed by atoms with Crippen molar-refractivity contribution in [1.82, 2.24) is 0 Å². The first-order chi connectivity index (χ1) is 13.3. The largest absolute Gasteiger partial charge is 0.326 e. The number of carbonyl (C=O) groups is 2. The van der Waals surface area contributed by atoms with Gasteiger partial charge < -0.3 is 10.6 Å². The highest BCUT2D eigenvalue weighted by Gasteiger charge is 2.43. The molecule has 154 valence electrons. The lowest BCUT2D eigenvalue weighted by Crippen LogP contribution is -2.16. The van der Waals surface area contributed by atoms with E-state index in [1.807, 2.05) is 24.3 Å². The number of hydrogen-bond acceptors (Lipinski definition) is 2. The second-order valence-corrected chi connectivity index (χ2v) is 9.70. The number of hydrogen-bond donors (Lipinski definition) is 2. The van der Waals surface area contributed by atoms with Gasteiger partial charge in [-0.2, -0.15) is 0 Å². The van der Waals surface area contributed by atoms with Crippen LogP contribution < -0.4 is 10.6 Å². The molecular weight excluding hydrogens is 348 g/mol. The lowest BCUT2D eigenvalue weighted by atomic mass is 10.0. The molecule has 0 unspecified atom stereocenters. The van der Waals surface area contributed by atoms with Gasteiger partial charge in [0.1, 0.15) is 0 Å². The molecule has 2 fully saturated rings. The van der Waals surface area contributed by atoms with Crippen LogP contribution in [0.25, 0.3) is 0 Å². The third-order valence-electron chi connectivity index (χ3n) is 6.17. The third-order valence-corrected chi connectivity index (χ3v) is 6.17. The molecule has 0 heterocycles. The maximum Gasteiger partial charge on any atom is 0.227 e. The van der Waals surface area contributed by atoms with E-state index in [-0.39, 0.29) is 23.7 Å². The van der Waals surface area contributed by atoms with E-state index in [1.54, 1.807) is 0 Å². The van der Waals surface area contributed by atoms with Gasteiger partial charge in [-0.05, 0) is 73.6 Å². The summed E-state index contributed by atoms with van der Waals surface area (Å²) in [6, 6.07) is 7.51. The van der Waals surface area contributed by atoms with Crippen molar-refractivity contribution in [1.29, 1.82) is 0 Å². The second kappa shape index (κ2) is 9.11. The van der Waals surface area contributed by atoms with Crippen LogP contribution in [0.3, 0.4) is 0 Å². The number of benzene rings is 1. The molecule has 0 bridgehead atoms. The van der Waals surface area contributed by atoms with Crippen LogP contribution in [0.5, 0.6) is 0 Å². The van der Waals surface area contributed by atoms with Gasteiger partial charge >= 0.3 is 0 Å². The Labute approximate surface area is 169 Å². The van der Waals surface area contributed by atoms with Gasteiger partial charge in [-0.3, -0.25) is 9.59 Å². The summed E-state index contributed by atoms with van der Waals surface area (Å²) in [5.74, 6) is 3.15. The fraction of sp³-hybridized carbons (Fsp3) is 0.667. The Balaban J connectivity index is 1.39. The van der Waals surface area contributed by atoms with Crippen LogP contribution in [0, 0.1) is 35.5 Å². The summed E-state index contributed by atoms with van der Waals surface area (Å²) in [6.07, 6.45) is 6.74. The summed E-state index contributed by atoms with van der Waals surface area (Å²) in [5.41, 5.74) is 1.61. The second-order valence-electron chi connectivity index (χ2n) is 9.70. The molecule has 0 spiro atoms. The molecule has 1 aromatic rings. The monoisotopic (exact) mass is 384 g/mol. The smallest absolute Gasteiger partial charge is 0.227 e. The predicted octanol–water partition coefficient (Wildman–Crippen LogP) is 5.71. The van der Waals surface area contributed by atoms with E-state index in [4.69, 9.17) is 0 Å². The summed E-state index contributed by atoms with van der Waals surface area (Å²) in [5, 5.41) is 6.04. The first kappa shape index (κ1) is 20.9. The Morgan fingerprint density at radius 2 is 1.14 bits per heavy atom. The maximum atomic E-state index is 12.4. The average molecular weight is 385 g/mol. The number of rotatable bonds is 10. The Hall–Kier alpha value is -1.84. The molecule has 0 radical (unpaired) electrons. The summed E-state index contributed by atoms with van der Waals surface area (Å²) < 4.78 is 0. The van der Waals surface area contributed by atoms with Gasteiger partial charge in [0.25, 0.3) is 0 Å². The Bertz CT molecular complexity index is 621. The first-order valence-electron chi connectivity index (χ1n) is 11.0. The minimum atomic E-state index is 0.136. The van der Waals surface area contributed by atoms with Gasteiger partial charge in [0.15, 0.2) is 0 Å². The summed E-state index contributed by atoms with van der Waals surface area (Å²) in [4.78, 5) is 24.7. The molecule has 2 amide bonds. The zero-order chi connectivity index (χ0) is 20.3. The fourth-order valence-corrected chi connectivity index (χ4v) is 3.98. The van der Waals surface area contributed by atoms with Crippen LogP contribution >= 0.6 is 0 Å². The topological polar surface area (TPSA) is 58.2 Å². The molecule has 4 nitrogen and oxygen atoms in total. The van der Waals surface area contributed by atoms with Gasteiger partial charge in [-0.25, -0.2) is 0 Å². The van der Waals surface area contributed by atoms with Crippen LogP contribution in [-0.4, -0.2) is 11.8 Å². The highest BCUT2D eigenvalue weighted by molar-refractivity contribution is 5.96. The molecule has 4 heteroatoms. The van der Waals surface area contributed by atoms with Gasteiger partial charge in [0.05, 0.1) is 0 Å². The van der Waals surface area contributed by atoms with Crippen LogP contribution in [0.2, 0.25) is 0 Å². The van der Waals surface area contributed by atoms with E-state index in [0.717, 1.165) is 37.1 Å². The molecular formula is C24H36N2O2. The van der Waals surface area contributed by atoms with Gasteiger partial charge in [0.2, 0.25) is 11.8 Å². The Kier molecular flexibility index (Phi) is 6.79. The molecule has 28 heavy (non-hydrogen) atoms. The molecule has 2 aliphatic rings. The lowest BCUT2D eigenvalue weighted by molar-refractivity contribution is -0.118. The zero-order valence-electron chi connectivity index (χ0n) is 17.8. The molecule has 2 aliphatic carbocycles. The normalized spacial score (nSPS) is 25.6. The number of anilines is 2. The summed E-state index contributed by atoms with van der Waals surface area (Å²) in [7, 11) is 0. The van der Waals surface area contributed by atoms with Crippen molar-refractivity contribution in [2.75, 3.05) is 10.6 Å². The van der Waals surface area contributed by atoms with Crippen molar-refractivity contribution in [3.63, 3.8) is 0 Å². The molecule has 1 aromatic carbocycles. The van der Waals surface area contributed by atoms with E-state index in [9.17, 15) is 9.59 Å². The van der Waals surface area contributed by atoms with Crippen LogP contribution in [-0.2, 0) is 9.59 Å². The van der Waals surface area contributed by atoms with Gasteiger partial charge in [0, 0.05) is 23.2 Å². The minimum absolute atomic E-state index is 0.136. The maximum absolute atomic E-state index is 12.4. The number of nitrogens with one attached hydrogen (secondary N) is 2. The highest BCUT2D eigenvalue weighted by atomic mass is 16.2. The first-order valence-corrected chi connectivity index (χ1v) is 11.0. The summed E-state index contributed by atoms with van der Waals surface area (Å²) >= 11 is 0. The Morgan fingerprint density at radius 3 is 1.46 bits per heavy atom. The Morgan fingerprint density at radius 1 is 0.786 bits per heavy atom. The number of carbonyl (C=O) groups excluding carboxylic acids is 2. The molecule has 0 aliphatic heterocycles. The highest BCUT2D eigenvalue weighted by Crippen LogP contribution is 2.44.